The fourth-order valence-electron chi connectivity index (χ4n) is 2.86. The van der Waals surface area contributed by atoms with Crippen LogP contribution in [0.1, 0.15) is 52.3 Å². The first kappa shape index (κ1) is 18.0. The van der Waals surface area contributed by atoms with Gasteiger partial charge in [0.2, 0.25) is 0 Å². The van der Waals surface area contributed by atoms with Crippen molar-refractivity contribution < 1.29 is 14.1 Å². The van der Waals surface area contributed by atoms with Crippen molar-refractivity contribution in [3.63, 3.8) is 0 Å². The van der Waals surface area contributed by atoms with Gasteiger partial charge in [-0.2, -0.15) is 0 Å². The summed E-state index contributed by atoms with van der Waals surface area (Å²) in [4.78, 5) is 12.0. The quantitative estimate of drug-likeness (QED) is 0.533. The van der Waals surface area contributed by atoms with Crippen molar-refractivity contribution in [1.29, 1.82) is 0 Å². The van der Waals surface area contributed by atoms with E-state index < -0.39 is 7.14 Å². The van der Waals surface area contributed by atoms with Crippen LogP contribution in [-0.2, 0) is 14.1 Å². The second-order valence-electron chi connectivity index (χ2n) is 5.89. The van der Waals surface area contributed by atoms with Gasteiger partial charge in [-0.3, -0.25) is 4.79 Å². The fraction of sp³-hybridized carbons (Fsp3) is 0.588. The summed E-state index contributed by atoms with van der Waals surface area (Å²) < 4.78 is 18.7. The predicted molar refractivity (Wildman–Crippen MR) is 88.3 cm³/mol. The third-order valence-corrected chi connectivity index (χ3v) is 8.63. The van der Waals surface area contributed by atoms with Crippen LogP contribution in [0.15, 0.2) is 30.3 Å². The van der Waals surface area contributed by atoms with E-state index in [4.69, 9.17) is 4.74 Å². The van der Waals surface area contributed by atoms with Crippen molar-refractivity contribution in [2.45, 2.75) is 58.0 Å². The van der Waals surface area contributed by atoms with Crippen LogP contribution in [0.25, 0.3) is 0 Å². The first-order valence-corrected chi connectivity index (χ1v) is 9.55. The van der Waals surface area contributed by atoms with Gasteiger partial charge in [-0.05, 0) is 12.5 Å². The molecule has 0 spiro atoms. The van der Waals surface area contributed by atoms with E-state index in [1.165, 1.54) is 0 Å². The highest BCUT2D eigenvalue weighted by Gasteiger charge is 2.41. The largest absolute Gasteiger partial charge is 0.466 e. The lowest BCUT2D eigenvalue weighted by molar-refractivity contribution is -0.143. The Kier molecular flexibility index (Phi) is 6.67. The van der Waals surface area contributed by atoms with Crippen LogP contribution in [0, 0.1) is 0 Å². The predicted octanol–water partition coefficient (Wildman–Crippen LogP) is 4.86. The number of benzene rings is 1. The number of esters is 1. The van der Waals surface area contributed by atoms with Gasteiger partial charge in [0.15, 0.2) is 0 Å². The summed E-state index contributed by atoms with van der Waals surface area (Å²) >= 11 is 0. The number of ether oxygens (including phenoxy) is 1. The summed E-state index contributed by atoms with van der Waals surface area (Å²) in [6.45, 7) is 10.1. The van der Waals surface area contributed by atoms with Crippen molar-refractivity contribution >= 4 is 13.1 Å². The molecule has 1 aromatic carbocycles. The van der Waals surface area contributed by atoms with Gasteiger partial charge in [-0.1, -0.05) is 58.0 Å². The van der Waals surface area contributed by atoms with Crippen molar-refractivity contribution in [2.24, 2.45) is 0 Å². The van der Waals surface area contributed by atoms with E-state index in [2.05, 4.69) is 0 Å². The summed E-state index contributed by atoms with van der Waals surface area (Å²) in [6.07, 6.45) is 0.186. The summed E-state index contributed by atoms with van der Waals surface area (Å²) in [7, 11) is -2.57. The van der Waals surface area contributed by atoms with Gasteiger partial charge >= 0.3 is 5.97 Å². The van der Waals surface area contributed by atoms with Crippen LogP contribution in [0.3, 0.4) is 0 Å². The topological polar surface area (TPSA) is 43.4 Å². The molecule has 0 amide bonds. The van der Waals surface area contributed by atoms with E-state index in [9.17, 15) is 9.36 Å². The van der Waals surface area contributed by atoms with E-state index in [0.29, 0.717) is 6.61 Å². The van der Waals surface area contributed by atoms with Crippen molar-refractivity contribution in [1.82, 2.24) is 0 Å². The van der Waals surface area contributed by atoms with Gasteiger partial charge in [-0.15, -0.1) is 0 Å². The van der Waals surface area contributed by atoms with Gasteiger partial charge in [0, 0.05) is 17.0 Å². The van der Waals surface area contributed by atoms with E-state index >= 15 is 0 Å². The molecule has 0 saturated carbocycles. The smallest absolute Gasteiger partial charge is 0.306 e. The molecule has 0 radical (unpaired) electrons. The van der Waals surface area contributed by atoms with Gasteiger partial charge < -0.3 is 9.30 Å². The van der Waals surface area contributed by atoms with E-state index in [1.54, 1.807) is 6.92 Å². The average Bonchev–Trinajstić information content (AvgIpc) is 2.44. The Labute approximate surface area is 128 Å². The monoisotopic (exact) mass is 310 g/mol. The first-order valence-electron chi connectivity index (χ1n) is 7.63. The Morgan fingerprint density at radius 2 is 1.62 bits per heavy atom. The van der Waals surface area contributed by atoms with Crippen molar-refractivity contribution in [3.05, 3.63) is 35.9 Å². The van der Waals surface area contributed by atoms with E-state index in [-0.39, 0.29) is 29.4 Å². The molecule has 0 heterocycles. The number of hydrogen-bond donors (Lipinski definition) is 0. The average molecular weight is 310 g/mol. The molecule has 0 fully saturated rings. The van der Waals surface area contributed by atoms with E-state index in [0.717, 1.165) is 5.56 Å². The molecule has 0 N–H and O–H groups in total. The molecule has 0 aliphatic rings. The lowest BCUT2D eigenvalue weighted by atomic mass is 10.1. The summed E-state index contributed by atoms with van der Waals surface area (Å²) in [5, 5.41) is 0. The molecule has 0 aromatic heterocycles. The van der Waals surface area contributed by atoms with Crippen LogP contribution in [0.5, 0.6) is 0 Å². The molecule has 4 heteroatoms. The van der Waals surface area contributed by atoms with Gasteiger partial charge in [0.25, 0.3) is 0 Å². The Morgan fingerprint density at radius 1 is 1.10 bits per heavy atom. The summed E-state index contributed by atoms with van der Waals surface area (Å²) in [6, 6.07) is 9.71. The Hall–Kier alpha value is -1.08. The van der Waals surface area contributed by atoms with Crippen LogP contribution in [0.4, 0.5) is 0 Å². The fourth-order valence-corrected chi connectivity index (χ4v) is 6.57. The minimum absolute atomic E-state index is 0.0390. The lowest BCUT2D eigenvalue weighted by Gasteiger charge is -2.34. The highest BCUT2D eigenvalue weighted by molar-refractivity contribution is 7.65. The molecule has 1 rings (SSSR count). The maximum absolute atomic E-state index is 13.6. The molecule has 1 unspecified atom stereocenters. The van der Waals surface area contributed by atoms with Gasteiger partial charge in [0.1, 0.15) is 7.14 Å². The van der Waals surface area contributed by atoms with Crippen LogP contribution in [0.2, 0.25) is 0 Å². The minimum Gasteiger partial charge on any atom is -0.466 e. The zero-order valence-electron chi connectivity index (χ0n) is 13.7. The zero-order valence-corrected chi connectivity index (χ0v) is 14.6. The molecule has 0 aliphatic carbocycles. The number of hydrogen-bond acceptors (Lipinski definition) is 3. The molecule has 0 aliphatic heterocycles. The summed E-state index contributed by atoms with van der Waals surface area (Å²) in [5.74, 6) is -0.270. The minimum atomic E-state index is -2.57. The standard InChI is InChI=1S/C17H27O3P/c1-6-20-17(18)12-16(15-10-8-7-9-11-15)21(19,13(2)3)14(4)5/h7-11,13-14,16H,6,12H2,1-5H3. The van der Waals surface area contributed by atoms with Gasteiger partial charge in [0.05, 0.1) is 13.0 Å². The molecule has 0 saturated heterocycles. The SMILES string of the molecule is CCOC(=O)CC(c1ccccc1)P(=O)(C(C)C)C(C)C. The normalized spacial score (nSPS) is 13.5. The molecule has 21 heavy (non-hydrogen) atoms. The van der Waals surface area contributed by atoms with Crippen LogP contribution < -0.4 is 0 Å². The molecular formula is C17H27O3P. The lowest BCUT2D eigenvalue weighted by Crippen LogP contribution is -2.19. The first-order chi connectivity index (χ1) is 9.83. The van der Waals surface area contributed by atoms with Crippen LogP contribution >= 0.6 is 7.14 Å². The van der Waals surface area contributed by atoms with E-state index in [1.807, 2.05) is 58.0 Å². The molecule has 0 bridgehead atoms. The molecule has 1 atom stereocenters. The molecule has 3 nitrogen and oxygen atoms in total. The maximum Gasteiger partial charge on any atom is 0.306 e. The maximum atomic E-state index is 13.6. The Balaban J connectivity index is 3.24. The Bertz CT molecular complexity index is 482. The Morgan fingerprint density at radius 3 is 2.05 bits per heavy atom. The number of rotatable bonds is 7. The highest BCUT2D eigenvalue weighted by atomic mass is 31.2. The second kappa shape index (κ2) is 7.79. The highest BCUT2D eigenvalue weighted by Crippen LogP contribution is 2.67. The van der Waals surface area contributed by atoms with Crippen molar-refractivity contribution in [2.75, 3.05) is 6.61 Å². The van der Waals surface area contributed by atoms with Gasteiger partial charge in [-0.25, -0.2) is 0 Å². The van der Waals surface area contributed by atoms with Crippen molar-refractivity contribution in [3.8, 4) is 0 Å². The third kappa shape index (κ3) is 4.20. The number of carbonyl (C=O) groups is 1. The second-order valence-corrected chi connectivity index (χ2v) is 10.1. The van der Waals surface area contributed by atoms with Crippen LogP contribution in [-0.4, -0.2) is 23.9 Å². The summed E-state index contributed by atoms with van der Waals surface area (Å²) in [5.41, 5.74) is 0.781. The molecular weight excluding hydrogens is 283 g/mol. The third-order valence-electron chi connectivity index (χ3n) is 3.95. The molecule has 1 aromatic rings. The number of carbonyl (C=O) groups excluding carboxylic acids is 1. The zero-order chi connectivity index (χ0) is 16.0. The molecule has 118 valence electrons.